The number of nitrogens with zero attached hydrogens (tertiary/aromatic N) is 4. The molecule has 0 saturated carbocycles. The van der Waals surface area contributed by atoms with Gasteiger partial charge in [-0.1, -0.05) is 0 Å². The fourth-order valence-electron chi connectivity index (χ4n) is 2.84. The Labute approximate surface area is 108 Å². The van der Waals surface area contributed by atoms with E-state index in [0.717, 1.165) is 5.71 Å². The van der Waals surface area contributed by atoms with Crippen LogP contribution in [0.4, 0.5) is 0 Å². The summed E-state index contributed by atoms with van der Waals surface area (Å²) in [7, 11) is -3.54. The molecule has 18 heavy (non-hydrogen) atoms. The van der Waals surface area contributed by atoms with Gasteiger partial charge in [-0.15, -0.1) is 0 Å². The average molecular weight is 270 g/mol. The van der Waals surface area contributed by atoms with Crippen LogP contribution in [-0.2, 0) is 8.85 Å². The van der Waals surface area contributed by atoms with Crippen molar-refractivity contribution in [3.8, 4) is 0 Å². The minimum atomic E-state index is -3.54. The van der Waals surface area contributed by atoms with Gasteiger partial charge in [0.1, 0.15) is 0 Å². The summed E-state index contributed by atoms with van der Waals surface area (Å²) in [5.74, 6) is 1.26. The number of hydrogen-bond acceptors (Lipinski definition) is 5. The predicted molar refractivity (Wildman–Crippen MR) is 73.6 cm³/mol. The molecule has 0 fully saturated rings. The van der Waals surface area contributed by atoms with E-state index in [2.05, 4.69) is 24.1 Å². The molecule has 0 aromatic carbocycles. The van der Waals surface area contributed by atoms with Crippen LogP contribution in [-0.4, -0.2) is 40.7 Å². The Morgan fingerprint density at radius 3 is 2.28 bits per heavy atom. The topological polar surface area (TPSA) is 49.4 Å². The zero-order chi connectivity index (χ0) is 13.7. The van der Waals surface area contributed by atoms with Crippen molar-refractivity contribution in [2.75, 3.05) is 0 Å². The Hall–Kier alpha value is -1.37. The van der Waals surface area contributed by atoms with E-state index in [0.29, 0.717) is 11.8 Å². The molecule has 0 aromatic heterocycles. The molecule has 0 amide bonds. The van der Waals surface area contributed by atoms with Crippen molar-refractivity contribution < 1.29 is 13.2 Å². The third-order valence-electron chi connectivity index (χ3n) is 3.17. The van der Waals surface area contributed by atoms with Crippen LogP contribution in [0.25, 0.3) is 0 Å². The molecule has 0 radical (unpaired) electrons. The zero-order valence-corrected chi connectivity index (χ0v) is 13.2. The quantitative estimate of drug-likeness (QED) is 0.684. The summed E-state index contributed by atoms with van der Waals surface area (Å²) in [6.07, 6.45) is 0. The van der Waals surface area contributed by atoms with E-state index in [9.17, 15) is 0 Å². The van der Waals surface area contributed by atoms with Crippen LogP contribution in [0, 0.1) is 0 Å². The van der Waals surface area contributed by atoms with Gasteiger partial charge in [-0.25, -0.2) is 0 Å². The van der Waals surface area contributed by atoms with E-state index in [1.165, 1.54) is 0 Å². The Balaban J connectivity index is 2.64. The monoisotopic (exact) mass is 270 g/mol. The zero-order valence-electron chi connectivity index (χ0n) is 12.2. The van der Waals surface area contributed by atoms with Crippen molar-refractivity contribution in [3.05, 3.63) is 0 Å². The van der Waals surface area contributed by atoms with Crippen molar-refractivity contribution in [1.29, 1.82) is 0 Å². The van der Waals surface area contributed by atoms with Gasteiger partial charge < -0.3 is 0 Å². The number of hydrazone groups is 2. The van der Waals surface area contributed by atoms with E-state index in [4.69, 9.17) is 8.85 Å². The van der Waals surface area contributed by atoms with E-state index in [-0.39, 0.29) is 6.04 Å². The second-order valence-corrected chi connectivity index (χ2v) is 9.64. The minimum absolute atomic E-state index is 0.184. The van der Waals surface area contributed by atoms with Crippen LogP contribution in [0.3, 0.4) is 0 Å². The van der Waals surface area contributed by atoms with Crippen LogP contribution < -0.4 is 0 Å². The van der Waals surface area contributed by atoms with Crippen molar-refractivity contribution >= 4 is 25.7 Å². The Kier molecular flexibility index (Phi) is 2.59. The molecule has 0 unspecified atom stereocenters. The van der Waals surface area contributed by atoms with E-state index in [1.54, 1.807) is 0 Å². The fourth-order valence-corrected chi connectivity index (χ4v) is 7.80. The van der Waals surface area contributed by atoms with Gasteiger partial charge in [0.15, 0.2) is 0 Å². The summed E-state index contributed by atoms with van der Waals surface area (Å²) in [5, 5.41) is 8.99. The second-order valence-electron chi connectivity index (χ2n) is 5.54. The van der Waals surface area contributed by atoms with Crippen molar-refractivity contribution in [3.63, 3.8) is 0 Å². The molecule has 2 aliphatic rings. The van der Waals surface area contributed by atoms with Crippen LogP contribution in [0.5, 0.6) is 0 Å². The molecule has 7 heteroatoms. The molecule has 0 aromatic rings. The molecule has 0 N–H and O–H groups in total. The van der Waals surface area contributed by atoms with Crippen molar-refractivity contribution in [1.82, 2.24) is 4.67 Å². The van der Waals surface area contributed by atoms with Gasteiger partial charge >= 0.3 is 108 Å². The Morgan fingerprint density at radius 1 is 1.22 bits per heavy atom. The van der Waals surface area contributed by atoms with Crippen LogP contribution in [0.15, 0.2) is 10.2 Å². The van der Waals surface area contributed by atoms with E-state index in [1.807, 2.05) is 43.3 Å². The third-order valence-corrected chi connectivity index (χ3v) is 7.86. The summed E-state index contributed by atoms with van der Waals surface area (Å²) in [6.45, 7) is 13.9. The fraction of sp³-hybridized carbons (Fsp3) is 0.727. The summed E-state index contributed by atoms with van der Waals surface area (Å²) in [4.78, 5) is 0. The van der Waals surface area contributed by atoms with Crippen LogP contribution in [0.1, 0.15) is 41.5 Å². The molecular weight excluding hydrogens is 248 g/mol. The van der Waals surface area contributed by atoms with Gasteiger partial charge in [-0.05, 0) is 0 Å². The first-order chi connectivity index (χ1) is 8.18. The summed E-state index contributed by atoms with van der Waals surface area (Å²) in [5.41, 5.74) is 1.04. The van der Waals surface area contributed by atoms with Gasteiger partial charge in [-0.3, -0.25) is 0 Å². The predicted octanol–water partition coefficient (Wildman–Crippen LogP) is 1.94. The normalized spacial score (nSPS) is 26.3. The van der Waals surface area contributed by atoms with Crippen molar-refractivity contribution in [2.24, 2.45) is 10.2 Å². The second kappa shape index (κ2) is 3.56. The SMILES string of the molecule is CC1=NN(C(C)C)[Si-]2(C)(O1)OC(C)=N[N+]2=C(C)C. The molecule has 1 spiro atoms. The first-order valence-electron chi connectivity index (χ1n) is 6.25. The van der Waals surface area contributed by atoms with E-state index >= 15 is 0 Å². The molecule has 2 rings (SSSR count). The summed E-state index contributed by atoms with van der Waals surface area (Å²) < 4.78 is 16.1. The molecule has 2 heterocycles. The number of hydrogen-bond donors (Lipinski definition) is 0. The first kappa shape index (κ1) is 13.1. The maximum absolute atomic E-state index is 6.11. The van der Waals surface area contributed by atoms with E-state index < -0.39 is 8.16 Å². The molecule has 2 aliphatic heterocycles. The van der Waals surface area contributed by atoms with Gasteiger partial charge in [0, 0.05) is 0 Å². The molecule has 6 nitrogen and oxygen atoms in total. The summed E-state index contributed by atoms with van der Waals surface area (Å²) >= 11 is 0. The molecule has 0 saturated heterocycles. The van der Waals surface area contributed by atoms with Crippen LogP contribution >= 0.6 is 0 Å². The van der Waals surface area contributed by atoms with Crippen LogP contribution in [0.2, 0.25) is 6.55 Å². The molecular formula is C11H22N4O2Si. The Morgan fingerprint density at radius 2 is 1.78 bits per heavy atom. The Bertz CT molecular complexity index is 489. The maximum atomic E-state index is 6.11. The van der Waals surface area contributed by atoms with Gasteiger partial charge in [0.05, 0.1) is 0 Å². The standard InChI is InChI=1S/C11H22N4O2Si/c1-8(2)14-12-10(5)16-18(14,7)15(9(3)4)13-11(6)17-18/h8H,1-7H3. The van der Waals surface area contributed by atoms with Gasteiger partial charge in [0.25, 0.3) is 0 Å². The molecule has 0 aliphatic carbocycles. The van der Waals surface area contributed by atoms with Gasteiger partial charge in [-0.2, -0.15) is 0 Å². The third kappa shape index (κ3) is 1.49. The summed E-state index contributed by atoms with van der Waals surface area (Å²) in [6, 6.07) is 0.184. The molecule has 102 valence electrons. The molecule has 0 bridgehead atoms. The average Bonchev–Trinajstić information content (AvgIpc) is 2.62. The molecule has 0 atom stereocenters. The van der Waals surface area contributed by atoms with Crippen molar-refractivity contribution in [2.45, 2.75) is 54.1 Å². The number of rotatable bonds is 1. The first-order valence-corrected chi connectivity index (χ1v) is 8.96. The van der Waals surface area contributed by atoms with Gasteiger partial charge in [0.2, 0.25) is 0 Å².